The van der Waals surface area contributed by atoms with E-state index in [-0.39, 0.29) is 5.69 Å². The van der Waals surface area contributed by atoms with Gasteiger partial charge in [-0.25, -0.2) is 9.59 Å². The van der Waals surface area contributed by atoms with Crippen LogP contribution in [0.2, 0.25) is 0 Å². The first-order valence-corrected chi connectivity index (χ1v) is 7.06. The van der Waals surface area contributed by atoms with Crippen LogP contribution in [0.1, 0.15) is 18.5 Å². The number of carboxylic acids is 1. The Morgan fingerprint density at radius 3 is 2.27 bits per heavy atom. The van der Waals surface area contributed by atoms with E-state index in [1.54, 1.807) is 16.7 Å². The highest BCUT2D eigenvalue weighted by Gasteiger charge is 2.21. The molecule has 0 aliphatic rings. The zero-order chi connectivity index (χ0) is 15.7. The van der Waals surface area contributed by atoms with Crippen molar-refractivity contribution >= 4 is 17.0 Å². The highest BCUT2D eigenvalue weighted by molar-refractivity contribution is 5.80. The lowest BCUT2D eigenvalue weighted by molar-refractivity contribution is -0.140. The number of aliphatic carboxylic acids is 1. The predicted molar refractivity (Wildman–Crippen MR) is 84.1 cm³/mol. The van der Waals surface area contributed by atoms with Crippen molar-refractivity contribution in [3.63, 3.8) is 0 Å². The van der Waals surface area contributed by atoms with Crippen molar-refractivity contribution < 1.29 is 9.90 Å². The van der Waals surface area contributed by atoms with E-state index in [1.165, 1.54) is 11.5 Å². The minimum absolute atomic E-state index is 0.306. The molecule has 2 aromatic carbocycles. The number of carbonyl (C=O) groups is 1. The third-order valence-corrected chi connectivity index (χ3v) is 3.80. The molecule has 22 heavy (non-hydrogen) atoms. The standard InChI is InChI=1S/C17H16N2O3/c1-12(16(20)21)19-15-10-6-5-9-14(15)18(17(19)22)11-13-7-3-2-4-8-13/h2-10,12H,11H2,1H3,(H,20,21)/t12-/m0/s1. The van der Waals surface area contributed by atoms with Crippen molar-refractivity contribution in [3.8, 4) is 0 Å². The van der Waals surface area contributed by atoms with Crippen LogP contribution in [0.3, 0.4) is 0 Å². The lowest BCUT2D eigenvalue weighted by atomic mass is 10.2. The second-order valence-electron chi connectivity index (χ2n) is 5.23. The van der Waals surface area contributed by atoms with Gasteiger partial charge in [0, 0.05) is 0 Å². The highest BCUT2D eigenvalue weighted by atomic mass is 16.4. The Morgan fingerprint density at radius 1 is 1.05 bits per heavy atom. The van der Waals surface area contributed by atoms with Crippen LogP contribution in [0, 0.1) is 0 Å². The van der Waals surface area contributed by atoms with Gasteiger partial charge in [-0.3, -0.25) is 9.13 Å². The van der Waals surface area contributed by atoms with E-state index in [1.807, 2.05) is 42.5 Å². The van der Waals surface area contributed by atoms with Gasteiger partial charge in [0.1, 0.15) is 6.04 Å². The monoisotopic (exact) mass is 296 g/mol. The Labute approximate surface area is 127 Å². The summed E-state index contributed by atoms with van der Waals surface area (Å²) in [6.07, 6.45) is 0. The number of rotatable bonds is 4. The third kappa shape index (κ3) is 2.30. The van der Waals surface area contributed by atoms with Crippen molar-refractivity contribution in [2.45, 2.75) is 19.5 Å². The maximum atomic E-state index is 12.7. The molecule has 0 aliphatic carbocycles. The number of imidazole rings is 1. The minimum Gasteiger partial charge on any atom is -0.480 e. The zero-order valence-corrected chi connectivity index (χ0v) is 12.1. The van der Waals surface area contributed by atoms with Crippen LogP contribution in [0.25, 0.3) is 11.0 Å². The van der Waals surface area contributed by atoms with Crippen LogP contribution in [-0.4, -0.2) is 20.2 Å². The summed E-state index contributed by atoms with van der Waals surface area (Å²) in [6.45, 7) is 1.93. The van der Waals surface area contributed by atoms with E-state index < -0.39 is 12.0 Å². The summed E-state index contributed by atoms with van der Waals surface area (Å²) in [6, 6.07) is 16.0. The molecule has 3 rings (SSSR count). The second kappa shape index (κ2) is 5.52. The van der Waals surface area contributed by atoms with Crippen LogP contribution in [0.5, 0.6) is 0 Å². The molecule has 0 amide bonds. The first-order valence-electron chi connectivity index (χ1n) is 7.06. The molecular formula is C17H16N2O3. The largest absolute Gasteiger partial charge is 0.480 e. The Morgan fingerprint density at radius 2 is 1.64 bits per heavy atom. The Kier molecular flexibility index (Phi) is 3.55. The van der Waals surface area contributed by atoms with E-state index in [4.69, 9.17) is 0 Å². The number of para-hydroxylation sites is 2. The third-order valence-electron chi connectivity index (χ3n) is 3.80. The Bertz CT molecular complexity index is 878. The SMILES string of the molecule is C[C@@H](C(=O)O)n1c(=O)n(Cc2ccccc2)c2ccccc21. The van der Waals surface area contributed by atoms with Crippen LogP contribution in [0.15, 0.2) is 59.4 Å². The molecule has 5 heteroatoms. The molecular weight excluding hydrogens is 280 g/mol. The van der Waals surface area contributed by atoms with E-state index in [0.717, 1.165) is 11.1 Å². The maximum Gasteiger partial charge on any atom is 0.330 e. The van der Waals surface area contributed by atoms with Crippen molar-refractivity contribution in [2.24, 2.45) is 0 Å². The number of hydrogen-bond donors (Lipinski definition) is 1. The van der Waals surface area contributed by atoms with Crippen LogP contribution in [0.4, 0.5) is 0 Å². The minimum atomic E-state index is -1.02. The van der Waals surface area contributed by atoms with Crippen LogP contribution < -0.4 is 5.69 Å². The zero-order valence-electron chi connectivity index (χ0n) is 12.1. The molecule has 0 radical (unpaired) electrons. The van der Waals surface area contributed by atoms with E-state index in [9.17, 15) is 14.7 Å². The number of nitrogens with zero attached hydrogens (tertiary/aromatic N) is 2. The molecule has 112 valence electrons. The quantitative estimate of drug-likeness (QED) is 0.804. The molecule has 1 heterocycles. The number of benzene rings is 2. The van der Waals surface area contributed by atoms with Gasteiger partial charge in [-0.15, -0.1) is 0 Å². The molecule has 0 unspecified atom stereocenters. The molecule has 0 spiro atoms. The molecule has 0 saturated heterocycles. The van der Waals surface area contributed by atoms with E-state index in [0.29, 0.717) is 12.1 Å². The fourth-order valence-corrected chi connectivity index (χ4v) is 2.64. The summed E-state index contributed by atoms with van der Waals surface area (Å²) in [5.74, 6) is -1.02. The molecule has 5 nitrogen and oxygen atoms in total. The summed E-state index contributed by atoms with van der Waals surface area (Å²) in [7, 11) is 0. The fraction of sp³-hybridized carbons (Fsp3) is 0.176. The lowest BCUT2D eigenvalue weighted by Crippen LogP contribution is -2.30. The summed E-state index contributed by atoms with van der Waals surface area (Å²) in [4.78, 5) is 24.0. The van der Waals surface area contributed by atoms with Crippen LogP contribution in [-0.2, 0) is 11.3 Å². The first kappa shape index (κ1) is 14.1. The Hall–Kier alpha value is -2.82. The maximum absolute atomic E-state index is 12.7. The van der Waals surface area contributed by atoms with Gasteiger partial charge in [-0.2, -0.15) is 0 Å². The summed E-state index contributed by atoms with van der Waals surface area (Å²) in [5.41, 5.74) is 2.07. The molecule has 0 aliphatic heterocycles. The predicted octanol–water partition coefficient (Wildman–Crippen LogP) is 2.50. The van der Waals surface area contributed by atoms with Gasteiger partial charge >= 0.3 is 11.7 Å². The van der Waals surface area contributed by atoms with Gasteiger partial charge in [0.15, 0.2) is 0 Å². The second-order valence-corrected chi connectivity index (χ2v) is 5.23. The first-order chi connectivity index (χ1) is 10.6. The molecule has 1 atom stereocenters. The van der Waals surface area contributed by atoms with Crippen molar-refractivity contribution in [2.75, 3.05) is 0 Å². The summed E-state index contributed by atoms with van der Waals surface area (Å²) < 4.78 is 2.95. The summed E-state index contributed by atoms with van der Waals surface area (Å²) >= 11 is 0. The number of hydrogen-bond acceptors (Lipinski definition) is 2. The van der Waals surface area contributed by atoms with E-state index in [2.05, 4.69) is 0 Å². The number of carboxylic acid groups (broad SMARTS) is 1. The average Bonchev–Trinajstić information content (AvgIpc) is 2.80. The number of fused-ring (bicyclic) bond motifs is 1. The van der Waals surface area contributed by atoms with Crippen molar-refractivity contribution in [1.82, 2.24) is 9.13 Å². The number of aromatic nitrogens is 2. The molecule has 1 N–H and O–H groups in total. The van der Waals surface area contributed by atoms with Crippen molar-refractivity contribution in [1.29, 1.82) is 0 Å². The van der Waals surface area contributed by atoms with E-state index >= 15 is 0 Å². The van der Waals surface area contributed by atoms with Gasteiger partial charge < -0.3 is 5.11 Å². The van der Waals surface area contributed by atoms with Crippen molar-refractivity contribution in [3.05, 3.63) is 70.6 Å². The molecule has 0 saturated carbocycles. The molecule has 1 aromatic heterocycles. The normalized spacial score (nSPS) is 12.4. The summed E-state index contributed by atoms with van der Waals surface area (Å²) in [5, 5.41) is 9.25. The van der Waals surface area contributed by atoms with Crippen LogP contribution >= 0.6 is 0 Å². The molecule has 0 bridgehead atoms. The van der Waals surface area contributed by atoms with Gasteiger partial charge in [-0.1, -0.05) is 42.5 Å². The smallest absolute Gasteiger partial charge is 0.330 e. The molecule has 0 fully saturated rings. The lowest BCUT2D eigenvalue weighted by Gasteiger charge is -2.07. The average molecular weight is 296 g/mol. The van der Waals surface area contributed by atoms with Gasteiger partial charge in [0.2, 0.25) is 0 Å². The topological polar surface area (TPSA) is 64.2 Å². The van der Waals surface area contributed by atoms with Gasteiger partial charge in [-0.05, 0) is 24.6 Å². The fourth-order valence-electron chi connectivity index (χ4n) is 2.64. The Balaban J connectivity index is 2.21. The molecule has 3 aromatic rings. The van der Waals surface area contributed by atoms with Gasteiger partial charge in [0.25, 0.3) is 0 Å². The highest BCUT2D eigenvalue weighted by Crippen LogP contribution is 2.18. The van der Waals surface area contributed by atoms with Gasteiger partial charge in [0.05, 0.1) is 17.6 Å².